The Labute approximate surface area is 130 Å². The fourth-order valence-corrected chi connectivity index (χ4v) is 3.83. The van der Waals surface area contributed by atoms with Gasteiger partial charge in [0.05, 0.1) is 11.0 Å². The van der Waals surface area contributed by atoms with Gasteiger partial charge in [-0.3, -0.25) is 4.79 Å². The molecule has 1 fully saturated rings. The zero-order valence-electron chi connectivity index (χ0n) is 13.0. The van der Waals surface area contributed by atoms with Crippen LogP contribution < -0.4 is 5.32 Å². The summed E-state index contributed by atoms with van der Waals surface area (Å²) < 4.78 is 2.33. The number of fused-ring (bicyclic) bond motifs is 3. The fourth-order valence-electron chi connectivity index (χ4n) is 3.83. The average molecular weight is 297 g/mol. The summed E-state index contributed by atoms with van der Waals surface area (Å²) in [5.41, 5.74) is 2.89. The zero-order chi connectivity index (χ0) is 14.9. The second kappa shape index (κ2) is 5.75. The van der Waals surface area contributed by atoms with Gasteiger partial charge >= 0.3 is 0 Å². The Hall–Kier alpha value is -1.84. The van der Waals surface area contributed by atoms with E-state index in [1.54, 1.807) is 0 Å². The maximum atomic E-state index is 12.4. The van der Waals surface area contributed by atoms with Crippen molar-refractivity contribution >= 4 is 16.9 Å². The standard InChI is InChI=1S/C18H23N3O/c22-18(19-14-6-3-4-7-14)13-9-10-16-15(12-13)20-17-8-2-1-5-11-21(16)17/h9-10,12,14H,1-8,11H2,(H,19,22). The Kier molecular flexibility index (Phi) is 3.60. The van der Waals surface area contributed by atoms with E-state index in [9.17, 15) is 4.79 Å². The maximum absolute atomic E-state index is 12.4. The van der Waals surface area contributed by atoms with Gasteiger partial charge in [0.15, 0.2) is 0 Å². The van der Waals surface area contributed by atoms with Crippen molar-refractivity contribution in [1.29, 1.82) is 0 Å². The van der Waals surface area contributed by atoms with Crippen LogP contribution in [0, 0.1) is 0 Å². The molecule has 1 aromatic carbocycles. The minimum absolute atomic E-state index is 0.0528. The van der Waals surface area contributed by atoms with Crippen molar-refractivity contribution in [1.82, 2.24) is 14.9 Å². The number of aromatic nitrogens is 2. The molecule has 1 N–H and O–H groups in total. The molecule has 2 aromatic rings. The summed E-state index contributed by atoms with van der Waals surface area (Å²) in [7, 11) is 0. The number of carbonyl (C=O) groups is 1. The number of hydrogen-bond acceptors (Lipinski definition) is 2. The van der Waals surface area contributed by atoms with Crippen LogP contribution in [0.15, 0.2) is 18.2 Å². The lowest BCUT2D eigenvalue weighted by atomic mass is 10.1. The molecule has 1 amide bonds. The molecular weight excluding hydrogens is 274 g/mol. The topological polar surface area (TPSA) is 46.9 Å². The van der Waals surface area contributed by atoms with Crippen LogP contribution in [0.2, 0.25) is 0 Å². The summed E-state index contributed by atoms with van der Waals surface area (Å²) in [6.07, 6.45) is 9.49. The van der Waals surface area contributed by atoms with Crippen LogP contribution in [0.1, 0.15) is 61.1 Å². The van der Waals surface area contributed by atoms with Crippen LogP contribution in [0.3, 0.4) is 0 Å². The zero-order valence-corrected chi connectivity index (χ0v) is 13.0. The van der Waals surface area contributed by atoms with Crippen LogP contribution in [0.25, 0.3) is 11.0 Å². The SMILES string of the molecule is O=C(NC1CCCC1)c1ccc2c(c1)nc1n2CCCCC1. The van der Waals surface area contributed by atoms with E-state index in [4.69, 9.17) is 4.98 Å². The molecule has 22 heavy (non-hydrogen) atoms. The molecule has 1 saturated carbocycles. The molecule has 0 spiro atoms. The van der Waals surface area contributed by atoms with Gasteiger partial charge in [-0.15, -0.1) is 0 Å². The van der Waals surface area contributed by atoms with Crippen molar-refractivity contribution in [3.05, 3.63) is 29.6 Å². The third kappa shape index (κ3) is 2.51. The molecule has 0 radical (unpaired) electrons. The van der Waals surface area contributed by atoms with E-state index in [2.05, 4.69) is 16.0 Å². The first kappa shape index (κ1) is 13.8. The van der Waals surface area contributed by atoms with E-state index in [0.717, 1.165) is 36.9 Å². The molecule has 1 aliphatic heterocycles. The summed E-state index contributed by atoms with van der Waals surface area (Å²) in [6, 6.07) is 6.34. The van der Waals surface area contributed by atoms with E-state index >= 15 is 0 Å². The molecule has 4 heteroatoms. The first-order valence-electron chi connectivity index (χ1n) is 8.61. The third-order valence-electron chi connectivity index (χ3n) is 5.06. The van der Waals surface area contributed by atoms with Gasteiger partial charge in [0.1, 0.15) is 5.82 Å². The van der Waals surface area contributed by atoms with Gasteiger partial charge in [-0.1, -0.05) is 19.3 Å². The Balaban J connectivity index is 1.61. The lowest BCUT2D eigenvalue weighted by Crippen LogP contribution is -2.32. The smallest absolute Gasteiger partial charge is 0.251 e. The van der Waals surface area contributed by atoms with Crippen LogP contribution in [0.4, 0.5) is 0 Å². The molecule has 116 valence electrons. The van der Waals surface area contributed by atoms with Crippen molar-refractivity contribution in [3.63, 3.8) is 0 Å². The first-order chi connectivity index (χ1) is 10.8. The second-order valence-corrected chi connectivity index (χ2v) is 6.65. The number of rotatable bonds is 2. The molecule has 4 rings (SSSR count). The van der Waals surface area contributed by atoms with Gasteiger partial charge in [-0.2, -0.15) is 0 Å². The van der Waals surface area contributed by atoms with Crippen LogP contribution in [0.5, 0.6) is 0 Å². The van der Waals surface area contributed by atoms with E-state index in [-0.39, 0.29) is 5.91 Å². The number of imidazole rings is 1. The minimum Gasteiger partial charge on any atom is -0.349 e. The fraction of sp³-hybridized carbons (Fsp3) is 0.556. The minimum atomic E-state index is 0.0528. The van der Waals surface area contributed by atoms with E-state index in [1.807, 2.05) is 12.1 Å². The number of nitrogens with one attached hydrogen (secondary N) is 1. The molecule has 0 saturated heterocycles. The highest BCUT2D eigenvalue weighted by Gasteiger charge is 2.19. The Bertz CT molecular complexity index is 698. The molecule has 0 unspecified atom stereocenters. The van der Waals surface area contributed by atoms with Gasteiger partial charge in [-0.25, -0.2) is 4.98 Å². The molecule has 4 nitrogen and oxygen atoms in total. The first-order valence-corrected chi connectivity index (χ1v) is 8.61. The number of amides is 1. The van der Waals surface area contributed by atoms with Crippen LogP contribution in [-0.2, 0) is 13.0 Å². The van der Waals surface area contributed by atoms with Crippen molar-refractivity contribution in [3.8, 4) is 0 Å². The van der Waals surface area contributed by atoms with Crippen molar-refractivity contribution < 1.29 is 4.79 Å². The van der Waals surface area contributed by atoms with Crippen molar-refractivity contribution in [2.24, 2.45) is 0 Å². The van der Waals surface area contributed by atoms with E-state index in [1.165, 1.54) is 43.4 Å². The summed E-state index contributed by atoms with van der Waals surface area (Å²) in [5.74, 6) is 1.23. The summed E-state index contributed by atoms with van der Waals surface area (Å²) in [5, 5.41) is 3.16. The second-order valence-electron chi connectivity index (χ2n) is 6.65. The van der Waals surface area contributed by atoms with Crippen molar-refractivity contribution in [2.75, 3.05) is 0 Å². The Morgan fingerprint density at radius 2 is 2.00 bits per heavy atom. The number of nitrogens with zero attached hydrogens (tertiary/aromatic N) is 2. The molecular formula is C18H23N3O. The summed E-state index contributed by atoms with van der Waals surface area (Å²) in [4.78, 5) is 17.2. The van der Waals surface area contributed by atoms with Gasteiger partial charge < -0.3 is 9.88 Å². The Morgan fingerprint density at radius 1 is 1.14 bits per heavy atom. The molecule has 0 bridgehead atoms. The number of hydrogen-bond donors (Lipinski definition) is 1. The van der Waals surface area contributed by atoms with Crippen LogP contribution >= 0.6 is 0 Å². The highest BCUT2D eigenvalue weighted by Crippen LogP contribution is 2.23. The molecule has 1 aromatic heterocycles. The number of benzene rings is 1. The molecule has 1 aliphatic carbocycles. The largest absolute Gasteiger partial charge is 0.349 e. The summed E-state index contributed by atoms with van der Waals surface area (Å²) >= 11 is 0. The monoisotopic (exact) mass is 297 g/mol. The Morgan fingerprint density at radius 3 is 2.86 bits per heavy atom. The van der Waals surface area contributed by atoms with Crippen molar-refractivity contribution in [2.45, 2.75) is 64.0 Å². The summed E-state index contributed by atoms with van der Waals surface area (Å²) in [6.45, 7) is 1.06. The van der Waals surface area contributed by atoms with Gasteiger partial charge in [-0.05, 0) is 43.9 Å². The van der Waals surface area contributed by atoms with Gasteiger partial charge in [0, 0.05) is 24.6 Å². The quantitative estimate of drug-likeness (QED) is 0.923. The van der Waals surface area contributed by atoms with Crippen LogP contribution in [-0.4, -0.2) is 21.5 Å². The number of carbonyl (C=O) groups excluding carboxylic acids is 1. The third-order valence-corrected chi connectivity index (χ3v) is 5.06. The molecule has 0 atom stereocenters. The highest BCUT2D eigenvalue weighted by atomic mass is 16.1. The predicted molar refractivity (Wildman–Crippen MR) is 87.0 cm³/mol. The maximum Gasteiger partial charge on any atom is 0.251 e. The van der Waals surface area contributed by atoms with Gasteiger partial charge in [0.25, 0.3) is 5.91 Å². The lowest BCUT2D eigenvalue weighted by Gasteiger charge is -2.11. The van der Waals surface area contributed by atoms with E-state index < -0.39 is 0 Å². The lowest BCUT2D eigenvalue weighted by molar-refractivity contribution is 0.0938. The number of aryl methyl sites for hydroxylation is 2. The highest BCUT2D eigenvalue weighted by molar-refractivity contribution is 5.97. The molecule has 2 aliphatic rings. The molecule has 2 heterocycles. The average Bonchev–Trinajstić information content (AvgIpc) is 3.08. The van der Waals surface area contributed by atoms with Gasteiger partial charge in [0.2, 0.25) is 0 Å². The predicted octanol–water partition coefficient (Wildman–Crippen LogP) is 3.44. The normalized spacial score (nSPS) is 19.1. The van der Waals surface area contributed by atoms with E-state index in [0.29, 0.717) is 6.04 Å².